The number of halogens is 3. The molecule has 8 heteroatoms. The Balaban J connectivity index is 2.39. The van der Waals surface area contributed by atoms with Gasteiger partial charge in [0.1, 0.15) is 6.54 Å². The van der Waals surface area contributed by atoms with E-state index in [9.17, 15) is 18.0 Å². The standard InChI is InChI=1S/C15H16F3N3OS/c1-10(13(22)19-2)23-14-20-8-12(11-6-4-3-5-7-11)21(14)9-15(16,17)18/h3-8,10H,9H2,1-2H3,(H,19,22)/t10-/m1/s1. The lowest BCUT2D eigenvalue weighted by molar-refractivity contribution is -0.141. The molecule has 23 heavy (non-hydrogen) atoms. The lowest BCUT2D eigenvalue weighted by Crippen LogP contribution is -2.28. The van der Waals surface area contributed by atoms with Crippen LogP contribution in [0.15, 0.2) is 41.7 Å². The van der Waals surface area contributed by atoms with Gasteiger partial charge >= 0.3 is 6.18 Å². The molecule has 0 fully saturated rings. The van der Waals surface area contributed by atoms with Crippen LogP contribution < -0.4 is 5.32 Å². The molecule has 1 heterocycles. The maximum absolute atomic E-state index is 12.9. The number of carbonyl (C=O) groups is 1. The first-order chi connectivity index (χ1) is 10.8. The van der Waals surface area contributed by atoms with E-state index in [0.717, 1.165) is 16.3 Å². The number of nitrogens with zero attached hydrogens (tertiary/aromatic N) is 2. The fraction of sp³-hybridized carbons (Fsp3) is 0.333. The second kappa shape index (κ2) is 7.08. The van der Waals surface area contributed by atoms with Crippen molar-refractivity contribution in [3.05, 3.63) is 36.5 Å². The second-order valence-electron chi connectivity index (χ2n) is 4.87. The van der Waals surface area contributed by atoms with Gasteiger partial charge in [0.25, 0.3) is 0 Å². The fourth-order valence-electron chi connectivity index (χ4n) is 2.04. The number of carbonyl (C=O) groups excluding carboxylic acids is 1. The summed E-state index contributed by atoms with van der Waals surface area (Å²) in [5.41, 5.74) is 1.01. The maximum atomic E-state index is 12.9. The average molecular weight is 343 g/mol. The second-order valence-corrected chi connectivity index (χ2v) is 6.18. The van der Waals surface area contributed by atoms with E-state index in [2.05, 4.69) is 10.3 Å². The van der Waals surface area contributed by atoms with Crippen LogP contribution in [0.5, 0.6) is 0 Å². The predicted molar refractivity (Wildman–Crippen MR) is 83.1 cm³/mol. The Morgan fingerprint density at radius 3 is 2.57 bits per heavy atom. The Bertz CT molecular complexity index is 670. The van der Waals surface area contributed by atoms with Gasteiger partial charge in [-0.3, -0.25) is 4.79 Å². The Morgan fingerprint density at radius 1 is 1.35 bits per heavy atom. The molecule has 124 valence electrons. The van der Waals surface area contributed by atoms with Crippen LogP contribution in [-0.4, -0.2) is 33.9 Å². The summed E-state index contributed by atoms with van der Waals surface area (Å²) in [6.07, 6.45) is -2.98. The zero-order valence-electron chi connectivity index (χ0n) is 12.6. The number of rotatable bonds is 5. The highest BCUT2D eigenvalue weighted by atomic mass is 32.2. The Hall–Kier alpha value is -1.96. The molecule has 0 spiro atoms. The molecule has 0 saturated carbocycles. The summed E-state index contributed by atoms with van der Waals surface area (Å²) >= 11 is 0.999. The van der Waals surface area contributed by atoms with Crippen molar-refractivity contribution in [2.24, 2.45) is 0 Å². The number of alkyl halides is 3. The van der Waals surface area contributed by atoms with E-state index >= 15 is 0 Å². The largest absolute Gasteiger partial charge is 0.406 e. The van der Waals surface area contributed by atoms with Gasteiger partial charge < -0.3 is 9.88 Å². The third-order valence-electron chi connectivity index (χ3n) is 3.12. The van der Waals surface area contributed by atoms with Crippen LogP contribution in [0, 0.1) is 0 Å². The first-order valence-corrected chi connectivity index (χ1v) is 7.75. The number of imidazole rings is 1. The van der Waals surface area contributed by atoms with Crippen molar-refractivity contribution in [3.63, 3.8) is 0 Å². The first kappa shape index (κ1) is 17.4. The molecule has 1 aromatic carbocycles. The zero-order chi connectivity index (χ0) is 17.0. The molecule has 0 unspecified atom stereocenters. The van der Waals surface area contributed by atoms with Crippen LogP contribution >= 0.6 is 11.8 Å². The van der Waals surface area contributed by atoms with Crippen molar-refractivity contribution in [2.45, 2.75) is 30.1 Å². The summed E-state index contributed by atoms with van der Waals surface area (Å²) in [5.74, 6) is -0.266. The van der Waals surface area contributed by atoms with Gasteiger partial charge in [-0.05, 0) is 12.5 Å². The number of nitrogens with one attached hydrogen (secondary N) is 1. The van der Waals surface area contributed by atoms with Gasteiger partial charge in [0.15, 0.2) is 5.16 Å². The molecule has 1 N–H and O–H groups in total. The number of hydrogen-bond acceptors (Lipinski definition) is 3. The average Bonchev–Trinajstić information content (AvgIpc) is 2.88. The van der Waals surface area contributed by atoms with E-state index in [-0.39, 0.29) is 11.1 Å². The van der Waals surface area contributed by atoms with Crippen molar-refractivity contribution in [1.82, 2.24) is 14.9 Å². The Morgan fingerprint density at radius 2 is 2.00 bits per heavy atom. The molecule has 0 aliphatic heterocycles. The highest BCUT2D eigenvalue weighted by Crippen LogP contribution is 2.31. The van der Waals surface area contributed by atoms with Crippen molar-refractivity contribution >= 4 is 17.7 Å². The number of thioether (sulfide) groups is 1. The zero-order valence-corrected chi connectivity index (χ0v) is 13.4. The van der Waals surface area contributed by atoms with Crippen LogP contribution in [0.3, 0.4) is 0 Å². The molecular weight excluding hydrogens is 327 g/mol. The summed E-state index contributed by atoms with van der Waals surface area (Å²) < 4.78 is 39.9. The normalized spacial score (nSPS) is 12.9. The van der Waals surface area contributed by atoms with Crippen LogP contribution in [0.2, 0.25) is 0 Å². The van der Waals surface area contributed by atoms with E-state index in [1.54, 1.807) is 37.3 Å². The molecule has 0 radical (unpaired) electrons. The first-order valence-electron chi connectivity index (χ1n) is 6.88. The topological polar surface area (TPSA) is 46.9 Å². The highest BCUT2D eigenvalue weighted by Gasteiger charge is 2.31. The van der Waals surface area contributed by atoms with Crippen molar-refractivity contribution < 1.29 is 18.0 Å². The van der Waals surface area contributed by atoms with Gasteiger partial charge in [-0.25, -0.2) is 4.98 Å². The van der Waals surface area contributed by atoms with Gasteiger partial charge in [0.05, 0.1) is 17.1 Å². The molecule has 0 aliphatic rings. The van der Waals surface area contributed by atoms with E-state index < -0.39 is 18.0 Å². The van der Waals surface area contributed by atoms with E-state index in [0.29, 0.717) is 11.3 Å². The molecule has 0 aliphatic carbocycles. The van der Waals surface area contributed by atoms with Crippen molar-refractivity contribution in [2.75, 3.05) is 7.05 Å². The van der Waals surface area contributed by atoms with Crippen molar-refractivity contribution in [3.8, 4) is 11.3 Å². The van der Waals surface area contributed by atoms with E-state index in [1.807, 2.05) is 0 Å². The van der Waals surface area contributed by atoms with Crippen LogP contribution in [-0.2, 0) is 11.3 Å². The third-order valence-corrected chi connectivity index (χ3v) is 4.23. The van der Waals surface area contributed by atoms with Crippen LogP contribution in [0.1, 0.15) is 6.92 Å². The molecule has 1 aromatic heterocycles. The van der Waals surface area contributed by atoms with Gasteiger partial charge in [-0.1, -0.05) is 42.1 Å². The number of hydrogen-bond donors (Lipinski definition) is 1. The lowest BCUT2D eigenvalue weighted by atomic mass is 10.2. The number of aromatic nitrogens is 2. The molecule has 0 bridgehead atoms. The smallest absolute Gasteiger partial charge is 0.358 e. The van der Waals surface area contributed by atoms with Crippen LogP contribution in [0.25, 0.3) is 11.3 Å². The molecule has 4 nitrogen and oxygen atoms in total. The minimum absolute atomic E-state index is 0.164. The summed E-state index contributed by atoms with van der Waals surface area (Å²) in [6, 6.07) is 8.73. The SMILES string of the molecule is CNC(=O)[C@@H](C)Sc1ncc(-c2ccccc2)n1CC(F)(F)F. The predicted octanol–water partition coefficient (Wildman–Crippen LogP) is 3.34. The number of benzene rings is 1. The monoisotopic (exact) mass is 343 g/mol. The lowest BCUT2D eigenvalue weighted by Gasteiger charge is -2.15. The van der Waals surface area contributed by atoms with Gasteiger partial charge in [-0.15, -0.1) is 0 Å². The molecular formula is C15H16F3N3OS. The summed E-state index contributed by atoms with van der Waals surface area (Å²) in [7, 11) is 1.48. The van der Waals surface area contributed by atoms with E-state index in [1.165, 1.54) is 13.2 Å². The summed E-state index contributed by atoms with van der Waals surface area (Å²) in [4.78, 5) is 15.7. The molecule has 2 aromatic rings. The molecule has 0 saturated heterocycles. The third kappa shape index (κ3) is 4.51. The van der Waals surface area contributed by atoms with Gasteiger partial charge in [0, 0.05) is 7.05 Å². The Labute approximate surface area is 136 Å². The fourth-order valence-corrected chi connectivity index (χ4v) is 2.98. The van der Waals surface area contributed by atoms with E-state index in [4.69, 9.17) is 0 Å². The van der Waals surface area contributed by atoms with Gasteiger partial charge in [-0.2, -0.15) is 13.2 Å². The Kier molecular flexibility index (Phi) is 5.35. The van der Waals surface area contributed by atoms with Gasteiger partial charge in [0.2, 0.25) is 5.91 Å². The minimum Gasteiger partial charge on any atom is -0.358 e. The van der Waals surface area contributed by atoms with Crippen LogP contribution in [0.4, 0.5) is 13.2 Å². The molecule has 1 amide bonds. The van der Waals surface area contributed by atoms with Crippen molar-refractivity contribution in [1.29, 1.82) is 0 Å². The minimum atomic E-state index is -4.38. The molecule has 1 atom stereocenters. The maximum Gasteiger partial charge on any atom is 0.406 e. The molecule has 2 rings (SSSR count). The summed E-state index contributed by atoms with van der Waals surface area (Å²) in [6.45, 7) is 0.471. The number of amides is 1. The quantitative estimate of drug-likeness (QED) is 0.847. The summed E-state index contributed by atoms with van der Waals surface area (Å²) in [5, 5.41) is 2.09. The highest BCUT2D eigenvalue weighted by molar-refractivity contribution is 8.00.